The molecule has 0 saturated carbocycles. The Bertz CT molecular complexity index is 861. The van der Waals surface area contributed by atoms with Gasteiger partial charge in [0.2, 0.25) is 5.91 Å². The number of likely N-dealkylation sites (tertiary alicyclic amines) is 1. The van der Waals surface area contributed by atoms with Crippen molar-refractivity contribution in [1.29, 1.82) is 0 Å². The van der Waals surface area contributed by atoms with Gasteiger partial charge in [0, 0.05) is 25.4 Å². The average molecular weight is 423 g/mol. The molecule has 0 radical (unpaired) electrons. The van der Waals surface area contributed by atoms with Gasteiger partial charge in [-0.2, -0.15) is 0 Å². The topological polar surface area (TPSA) is 42.0 Å². The number of carbonyl (C=O) groups excluding carboxylic acids is 1. The second-order valence-corrected chi connectivity index (χ2v) is 8.53. The van der Waals surface area contributed by atoms with E-state index in [0.29, 0.717) is 32.9 Å². The number of nitrogens with zero attached hydrogens (tertiary/aromatic N) is 2. The molecule has 166 valence electrons. The number of carbonyl (C=O) groups is 1. The zero-order valence-electron chi connectivity index (χ0n) is 18.6. The molecule has 0 spiro atoms. The van der Waals surface area contributed by atoms with Crippen LogP contribution < -0.4 is 4.74 Å². The smallest absolute Gasteiger partial charge is 0.226 e. The van der Waals surface area contributed by atoms with E-state index in [4.69, 9.17) is 9.47 Å². The van der Waals surface area contributed by atoms with Crippen molar-refractivity contribution in [3.05, 3.63) is 65.2 Å². The number of piperidine rings is 1. The fourth-order valence-corrected chi connectivity index (χ4v) is 4.58. The summed E-state index contributed by atoms with van der Waals surface area (Å²) in [6, 6.07) is 16.8. The van der Waals surface area contributed by atoms with Crippen molar-refractivity contribution < 1.29 is 14.3 Å². The zero-order chi connectivity index (χ0) is 21.5. The van der Waals surface area contributed by atoms with E-state index in [1.165, 1.54) is 16.7 Å². The number of hydrogen-bond acceptors (Lipinski definition) is 4. The van der Waals surface area contributed by atoms with Gasteiger partial charge in [0.05, 0.1) is 13.2 Å². The minimum Gasteiger partial charge on any atom is -0.491 e. The van der Waals surface area contributed by atoms with Gasteiger partial charge in [0.1, 0.15) is 12.4 Å². The van der Waals surface area contributed by atoms with E-state index >= 15 is 0 Å². The van der Waals surface area contributed by atoms with Gasteiger partial charge in [-0.1, -0.05) is 49.4 Å². The van der Waals surface area contributed by atoms with E-state index in [1.807, 2.05) is 17.0 Å². The lowest BCUT2D eigenvalue weighted by Gasteiger charge is -2.34. The van der Waals surface area contributed by atoms with Crippen LogP contribution in [0.3, 0.4) is 0 Å². The first kappa shape index (κ1) is 21.8. The predicted molar refractivity (Wildman–Crippen MR) is 122 cm³/mol. The predicted octanol–water partition coefficient (Wildman–Crippen LogP) is 3.75. The molecule has 0 atom stereocenters. The van der Waals surface area contributed by atoms with E-state index < -0.39 is 0 Å². The Balaban J connectivity index is 1.52. The molecule has 1 amide bonds. The fraction of sp³-hybridized carbons (Fsp3) is 0.500. The third kappa shape index (κ3) is 5.86. The standard InChI is InChI=1S/C26H34N2O3/c1-2-27-12-10-23(11-13-27)26(29)28-14-15-30-16-17-31-25-9-4-3-8-24(25)19-21-6-5-7-22(18-21)20-28/h3-9,18,23H,2,10-17,19-20H2,1H3. The van der Waals surface area contributed by atoms with E-state index in [1.54, 1.807) is 0 Å². The molecule has 2 aliphatic rings. The third-order valence-corrected chi connectivity index (χ3v) is 6.42. The number of ether oxygens (including phenoxy) is 2. The van der Waals surface area contributed by atoms with Crippen LogP contribution in [0.15, 0.2) is 48.5 Å². The first-order chi connectivity index (χ1) is 15.2. The van der Waals surface area contributed by atoms with Crippen LogP contribution in [0.4, 0.5) is 0 Å². The lowest BCUT2D eigenvalue weighted by atomic mass is 9.95. The van der Waals surface area contributed by atoms with Crippen molar-refractivity contribution in [3.63, 3.8) is 0 Å². The second kappa shape index (κ2) is 10.8. The van der Waals surface area contributed by atoms with E-state index in [2.05, 4.69) is 48.2 Å². The molecule has 2 bridgehead atoms. The highest BCUT2D eigenvalue weighted by Gasteiger charge is 2.28. The Morgan fingerprint density at radius 3 is 2.61 bits per heavy atom. The maximum Gasteiger partial charge on any atom is 0.226 e. The monoisotopic (exact) mass is 422 g/mol. The van der Waals surface area contributed by atoms with Crippen LogP contribution in [0, 0.1) is 5.92 Å². The molecule has 5 nitrogen and oxygen atoms in total. The Morgan fingerprint density at radius 2 is 1.77 bits per heavy atom. The molecule has 0 unspecified atom stereocenters. The quantitative estimate of drug-likeness (QED) is 0.739. The van der Waals surface area contributed by atoms with Crippen molar-refractivity contribution in [2.75, 3.05) is 46.0 Å². The molecule has 0 aromatic heterocycles. The first-order valence-corrected chi connectivity index (χ1v) is 11.6. The largest absolute Gasteiger partial charge is 0.491 e. The highest BCUT2D eigenvalue weighted by Crippen LogP contribution is 2.24. The summed E-state index contributed by atoms with van der Waals surface area (Å²) in [6.07, 6.45) is 2.72. The van der Waals surface area contributed by atoms with Gasteiger partial charge in [-0.05, 0) is 55.2 Å². The summed E-state index contributed by atoms with van der Waals surface area (Å²) >= 11 is 0. The van der Waals surface area contributed by atoms with Gasteiger partial charge < -0.3 is 19.3 Å². The summed E-state index contributed by atoms with van der Waals surface area (Å²) < 4.78 is 11.8. The minimum atomic E-state index is 0.125. The van der Waals surface area contributed by atoms with Crippen LogP contribution in [0.2, 0.25) is 0 Å². The Labute approximate surface area is 185 Å². The van der Waals surface area contributed by atoms with E-state index in [-0.39, 0.29) is 11.8 Å². The average Bonchev–Trinajstić information content (AvgIpc) is 2.81. The zero-order valence-corrected chi connectivity index (χ0v) is 18.6. The van der Waals surface area contributed by atoms with Crippen LogP contribution in [0.5, 0.6) is 5.75 Å². The molecule has 2 aromatic carbocycles. The number of para-hydroxylation sites is 1. The molecule has 0 aliphatic carbocycles. The first-order valence-electron chi connectivity index (χ1n) is 11.6. The fourth-order valence-electron chi connectivity index (χ4n) is 4.58. The van der Waals surface area contributed by atoms with Crippen molar-refractivity contribution in [3.8, 4) is 5.75 Å². The normalized spacial score (nSPS) is 19.2. The number of rotatable bonds is 2. The lowest BCUT2D eigenvalue weighted by molar-refractivity contribution is -0.138. The second-order valence-electron chi connectivity index (χ2n) is 8.53. The molecule has 5 heteroatoms. The SMILES string of the molecule is CCN1CCC(C(=O)N2CCOCCOc3ccccc3Cc3cccc(c3)C2)CC1. The van der Waals surface area contributed by atoms with Crippen LogP contribution in [-0.2, 0) is 22.5 Å². The van der Waals surface area contributed by atoms with Crippen LogP contribution in [0.1, 0.15) is 36.5 Å². The molecular weight excluding hydrogens is 388 g/mol. The van der Waals surface area contributed by atoms with Crippen LogP contribution >= 0.6 is 0 Å². The maximum absolute atomic E-state index is 13.4. The van der Waals surface area contributed by atoms with Gasteiger partial charge in [0.15, 0.2) is 0 Å². The summed E-state index contributed by atoms with van der Waals surface area (Å²) in [7, 11) is 0. The summed E-state index contributed by atoms with van der Waals surface area (Å²) in [4.78, 5) is 17.8. The Morgan fingerprint density at radius 1 is 0.968 bits per heavy atom. The van der Waals surface area contributed by atoms with Gasteiger partial charge in [-0.25, -0.2) is 0 Å². The summed E-state index contributed by atoms with van der Waals surface area (Å²) in [5.74, 6) is 1.32. The summed E-state index contributed by atoms with van der Waals surface area (Å²) in [5, 5.41) is 0. The Hall–Kier alpha value is -2.37. The van der Waals surface area contributed by atoms with Gasteiger partial charge in [-0.15, -0.1) is 0 Å². The maximum atomic E-state index is 13.4. The van der Waals surface area contributed by atoms with E-state index in [9.17, 15) is 4.79 Å². The number of fused-ring (bicyclic) bond motifs is 3. The molecule has 1 saturated heterocycles. The number of benzene rings is 2. The lowest BCUT2D eigenvalue weighted by Crippen LogP contribution is -2.43. The molecule has 31 heavy (non-hydrogen) atoms. The summed E-state index contributed by atoms with van der Waals surface area (Å²) in [5.41, 5.74) is 3.59. The Kier molecular flexibility index (Phi) is 7.60. The molecule has 2 aliphatic heterocycles. The van der Waals surface area contributed by atoms with Crippen molar-refractivity contribution >= 4 is 5.91 Å². The van der Waals surface area contributed by atoms with Crippen LogP contribution in [0.25, 0.3) is 0 Å². The van der Waals surface area contributed by atoms with Crippen molar-refractivity contribution in [2.24, 2.45) is 5.92 Å². The highest BCUT2D eigenvalue weighted by molar-refractivity contribution is 5.79. The van der Waals surface area contributed by atoms with Gasteiger partial charge >= 0.3 is 0 Å². The van der Waals surface area contributed by atoms with Gasteiger partial charge in [0.25, 0.3) is 0 Å². The molecule has 1 fully saturated rings. The van der Waals surface area contributed by atoms with Crippen molar-refractivity contribution in [2.45, 2.75) is 32.7 Å². The third-order valence-electron chi connectivity index (χ3n) is 6.42. The van der Waals surface area contributed by atoms with Gasteiger partial charge in [-0.3, -0.25) is 4.79 Å². The van der Waals surface area contributed by atoms with Crippen LogP contribution in [-0.4, -0.2) is 61.7 Å². The van der Waals surface area contributed by atoms with E-state index in [0.717, 1.165) is 44.6 Å². The summed E-state index contributed by atoms with van der Waals surface area (Å²) in [6.45, 7) is 8.12. The molecule has 4 rings (SSSR count). The highest BCUT2D eigenvalue weighted by atomic mass is 16.5. The number of amides is 1. The molecule has 2 heterocycles. The molecule has 0 N–H and O–H groups in total. The molecule has 2 aromatic rings. The minimum absolute atomic E-state index is 0.125. The van der Waals surface area contributed by atoms with Crippen molar-refractivity contribution in [1.82, 2.24) is 9.80 Å². The number of hydrogen-bond donors (Lipinski definition) is 0. The molecular formula is C26H34N2O3.